The highest BCUT2D eigenvalue weighted by Crippen LogP contribution is 2.38. The highest BCUT2D eigenvalue weighted by atomic mass is 79.9. The molecular formula is C14H10BrClF3NO3S. The van der Waals surface area contributed by atoms with Crippen molar-refractivity contribution in [2.45, 2.75) is 11.1 Å². The molecule has 0 saturated carbocycles. The molecule has 0 amide bonds. The normalized spacial score (nSPS) is 12.1. The van der Waals surface area contributed by atoms with Crippen LogP contribution in [-0.4, -0.2) is 15.5 Å². The van der Waals surface area contributed by atoms with E-state index < -0.39 is 27.5 Å². The molecule has 0 heterocycles. The van der Waals surface area contributed by atoms with Crippen LogP contribution in [0.2, 0.25) is 5.02 Å². The molecule has 0 atom stereocenters. The molecule has 0 radical (unpaired) electrons. The van der Waals surface area contributed by atoms with E-state index in [1.165, 1.54) is 19.2 Å². The first-order valence-electron chi connectivity index (χ1n) is 6.27. The summed E-state index contributed by atoms with van der Waals surface area (Å²) in [7, 11) is -3.07. The van der Waals surface area contributed by atoms with E-state index >= 15 is 0 Å². The Balaban J connectivity index is 2.54. The van der Waals surface area contributed by atoms with E-state index in [-0.39, 0.29) is 15.7 Å². The zero-order valence-electron chi connectivity index (χ0n) is 12.0. The predicted molar refractivity (Wildman–Crippen MR) is 88.0 cm³/mol. The van der Waals surface area contributed by atoms with Crippen molar-refractivity contribution < 1.29 is 26.3 Å². The zero-order valence-corrected chi connectivity index (χ0v) is 15.1. The van der Waals surface area contributed by atoms with Crippen LogP contribution in [0.4, 0.5) is 18.9 Å². The summed E-state index contributed by atoms with van der Waals surface area (Å²) >= 11 is 8.69. The summed E-state index contributed by atoms with van der Waals surface area (Å²) in [5.41, 5.74) is -1.82. The third-order valence-electron chi connectivity index (χ3n) is 2.95. The number of rotatable bonds is 4. The van der Waals surface area contributed by atoms with Gasteiger partial charge in [0, 0.05) is 9.50 Å². The summed E-state index contributed by atoms with van der Waals surface area (Å²) in [5.74, 6) is -0.00628. The minimum Gasteiger partial charge on any atom is -0.495 e. The number of ether oxygens (including phenoxy) is 1. The average Bonchev–Trinajstić information content (AvgIpc) is 2.48. The fraction of sp³-hybridized carbons (Fsp3) is 0.143. The van der Waals surface area contributed by atoms with Crippen molar-refractivity contribution >= 4 is 43.2 Å². The van der Waals surface area contributed by atoms with Crippen molar-refractivity contribution in [3.8, 4) is 5.75 Å². The molecule has 0 unspecified atom stereocenters. The van der Waals surface area contributed by atoms with E-state index in [0.29, 0.717) is 10.5 Å². The fourth-order valence-corrected chi connectivity index (χ4v) is 3.86. The lowest BCUT2D eigenvalue weighted by Gasteiger charge is -2.16. The Hall–Kier alpha value is -1.45. The van der Waals surface area contributed by atoms with Gasteiger partial charge in [0.15, 0.2) is 0 Å². The quantitative estimate of drug-likeness (QED) is 0.727. The van der Waals surface area contributed by atoms with Crippen molar-refractivity contribution in [1.29, 1.82) is 0 Å². The summed E-state index contributed by atoms with van der Waals surface area (Å²) in [6.07, 6.45) is -4.77. The minimum atomic E-state index is -4.77. The molecule has 0 fully saturated rings. The van der Waals surface area contributed by atoms with Gasteiger partial charge in [-0.25, -0.2) is 8.42 Å². The largest absolute Gasteiger partial charge is 0.495 e. The van der Waals surface area contributed by atoms with Gasteiger partial charge in [0.05, 0.1) is 18.4 Å². The first kappa shape index (κ1) is 18.9. The van der Waals surface area contributed by atoms with Crippen LogP contribution in [0.15, 0.2) is 45.8 Å². The number of methoxy groups -OCH3 is 1. The molecule has 24 heavy (non-hydrogen) atoms. The molecule has 0 aliphatic rings. The summed E-state index contributed by atoms with van der Waals surface area (Å²) in [5, 5.41) is -0.162. The number of halogens is 5. The van der Waals surface area contributed by atoms with Gasteiger partial charge < -0.3 is 4.74 Å². The third-order valence-corrected chi connectivity index (χ3v) is 5.06. The monoisotopic (exact) mass is 443 g/mol. The first-order valence-corrected chi connectivity index (χ1v) is 8.93. The Kier molecular flexibility index (Phi) is 5.36. The van der Waals surface area contributed by atoms with E-state index in [9.17, 15) is 21.6 Å². The summed E-state index contributed by atoms with van der Waals surface area (Å²) < 4.78 is 71.6. The summed E-state index contributed by atoms with van der Waals surface area (Å²) in [4.78, 5) is -0.303. The van der Waals surface area contributed by atoms with Gasteiger partial charge in [-0.2, -0.15) is 13.2 Å². The molecule has 2 rings (SSSR count). The van der Waals surface area contributed by atoms with Gasteiger partial charge in [0.25, 0.3) is 10.0 Å². The van der Waals surface area contributed by atoms with Crippen molar-refractivity contribution in [3.05, 3.63) is 51.5 Å². The molecule has 0 aromatic heterocycles. The number of anilines is 1. The molecule has 0 saturated heterocycles. The van der Waals surface area contributed by atoms with Gasteiger partial charge in [-0.15, -0.1) is 0 Å². The van der Waals surface area contributed by atoms with Gasteiger partial charge >= 0.3 is 6.18 Å². The van der Waals surface area contributed by atoms with E-state index in [4.69, 9.17) is 16.3 Å². The van der Waals surface area contributed by atoms with Crippen molar-refractivity contribution in [2.75, 3.05) is 11.8 Å². The fourth-order valence-electron chi connectivity index (χ4n) is 1.90. The highest BCUT2D eigenvalue weighted by molar-refractivity contribution is 9.10. The summed E-state index contributed by atoms with van der Waals surface area (Å²) in [6, 6.07) is 6.91. The second-order valence-corrected chi connectivity index (χ2v) is 7.59. The smallest absolute Gasteiger partial charge is 0.418 e. The molecule has 130 valence electrons. The topological polar surface area (TPSA) is 55.4 Å². The molecule has 10 heteroatoms. The summed E-state index contributed by atoms with van der Waals surface area (Å²) in [6.45, 7) is 0. The highest BCUT2D eigenvalue weighted by Gasteiger charge is 2.35. The molecule has 4 nitrogen and oxygen atoms in total. The van der Waals surface area contributed by atoms with Crippen LogP contribution in [-0.2, 0) is 16.2 Å². The minimum absolute atomic E-state index is 0.00628. The SMILES string of the molecule is COc1ccc(Br)cc1S(=O)(=O)Nc1ccc(Cl)cc1C(F)(F)F. The molecule has 1 N–H and O–H groups in total. The van der Waals surface area contributed by atoms with E-state index in [1.54, 1.807) is 6.07 Å². The standard InChI is InChI=1S/C14H10BrClF3NO3S/c1-23-12-5-2-8(15)6-13(12)24(21,22)20-11-4-3-9(16)7-10(11)14(17,18)19/h2-7,20H,1H3. The zero-order chi connectivity index (χ0) is 18.1. The van der Waals surface area contributed by atoms with Crippen LogP contribution in [0, 0.1) is 0 Å². The number of sulfonamides is 1. The first-order chi connectivity index (χ1) is 11.0. The number of hydrogen-bond acceptors (Lipinski definition) is 3. The molecule has 0 spiro atoms. The number of nitrogens with one attached hydrogen (secondary N) is 1. The van der Waals surface area contributed by atoms with Crippen LogP contribution < -0.4 is 9.46 Å². The number of hydrogen-bond donors (Lipinski definition) is 1. The van der Waals surface area contributed by atoms with Crippen molar-refractivity contribution in [1.82, 2.24) is 0 Å². The maximum Gasteiger partial charge on any atom is 0.418 e. The lowest BCUT2D eigenvalue weighted by Crippen LogP contribution is -2.18. The molecule has 0 aliphatic heterocycles. The van der Waals surface area contributed by atoms with Crippen LogP contribution in [0.5, 0.6) is 5.75 Å². The molecule has 2 aromatic rings. The average molecular weight is 445 g/mol. The Labute approximate surface area is 149 Å². The van der Waals surface area contributed by atoms with Crippen LogP contribution in [0.25, 0.3) is 0 Å². The lowest BCUT2D eigenvalue weighted by molar-refractivity contribution is -0.136. The van der Waals surface area contributed by atoms with Gasteiger partial charge in [0.1, 0.15) is 10.6 Å². The molecular weight excluding hydrogens is 435 g/mol. The molecule has 0 aliphatic carbocycles. The van der Waals surface area contributed by atoms with Crippen LogP contribution in [0.3, 0.4) is 0 Å². The molecule has 0 bridgehead atoms. The van der Waals surface area contributed by atoms with E-state index in [0.717, 1.165) is 12.1 Å². The predicted octanol–water partition coefficient (Wildman–Crippen LogP) is 4.93. The Morgan fingerprint density at radius 2 is 1.83 bits per heavy atom. The van der Waals surface area contributed by atoms with E-state index in [1.807, 2.05) is 4.72 Å². The lowest BCUT2D eigenvalue weighted by atomic mass is 10.2. The van der Waals surface area contributed by atoms with Crippen LogP contribution >= 0.6 is 27.5 Å². The van der Waals surface area contributed by atoms with Gasteiger partial charge in [0.2, 0.25) is 0 Å². The second kappa shape index (κ2) is 6.81. The van der Waals surface area contributed by atoms with Crippen molar-refractivity contribution in [2.24, 2.45) is 0 Å². The van der Waals surface area contributed by atoms with Crippen LogP contribution in [0.1, 0.15) is 5.56 Å². The third kappa shape index (κ3) is 4.14. The van der Waals surface area contributed by atoms with Crippen molar-refractivity contribution in [3.63, 3.8) is 0 Å². The van der Waals surface area contributed by atoms with E-state index in [2.05, 4.69) is 15.9 Å². The second-order valence-electron chi connectivity index (χ2n) is 4.59. The molecule has 2 aromatic carbocycles. The Morgan fingerprint density at radius 1 is 1.17 bits per heavy atom. The maximum atomic E-state index is 13.1. The number of benzene rings is 2. The maximum absolute atomic E-state index is 13.1. The van der Waals surface area contributed by atoms with Gasteiger partial charge in [-0.05, 0) is 36.4 Å². The van der Waals surface area contributed by atoms with Gasteiger partial charge in [-0.1, -0.05) is 27.5 Å². The Bertz CT molecular complexity index is 872. The van der Waals surface area contributed by atoms with Gasteiger partial charge in [-0.3, -0.25) is 4.72 Å². The number of alkyl halides is 3. The Morgan fingerprint density at radius 3 is 2.42 bits per heavy atom.